The van der Waals surface area contributed by atoms with Crippen LogP contribution in [0.15, 0.2) is 0 Å². The Hall–Kier alpha value is -0.570. The topological polar surface area (TPSA) is 32.3 Å². The molecule has 0 heterocycles. The van der Waals surface area contributed by atoms with Crippen LogP contribution in [-0.4, -0.2) is 24.0 Å². The number of hydrogen-bond donors (Lipinski definition) is 1. The van der Waals surface area contributed by atoms with Gasteiger partial charge in [0.1, 0.15) is 0 Å². The molecule has 3 nitrogen and oxygen atoms in total. The second-order valence-electron chi connectivity index (χ2n) is 12.2. The Labute approximate surface area is 221 Å². The average Bonchev–Trinajstić information content (AvgIpc) is 2.81. The fourth-order valence-electron chi connectivity index (χ4n) is 5.02. The molecule has 0 fully saturated rings. The van der Waals surface area contributed by atoms with E-state index < -0.39 is 0 Å². The van der Waals surface area contributed by atoms with Crippen LogP contribution in [0.3, 0.4) is 0 Å². The fourth-order valence-corrected chi connectivity index (χ4v) is 5.02. The van der Waals surface area contributed by atoms with Gasteiger partial charge in [0, 0.05) is 19.5 Å². The van der Waals surface area contributed by atoms with Gasteiger partial charge >= 0.3 is 0 Å². The summed E-state index contributed by atoms with van der Waals surface area (Å²) in [5.41, 5.74) is 3.53. The molecule has 0 saturated carbocycles. The summed E-state index contributed by atoms with van der Waals surface area (Å²) in [6, 6.07) is 0. The Morgan fingerprint density at radius 2 is 0.971 bits per heavy atom. The first-order valence-corrected chi connectivity index (χ1v) is 15.9. The molecule has 0 aromatic heterocycles. The maximum atomic E-state index is 13.1. The lowest BCUT2D eigenvalue weighted by atomic mass is 9.75. The molecule has 1 unspecified atom stereocenters. The highest BCUT2D eigenvalue weighted by Gasteiger charge is 2.27. The van der Waals surface area contributed by atoms with E-state index in [1.165, 1.54) is 128 Å². The molecular formula is C32H66N2O. The van der Waals surface area contributed by atoms with Crippen LogP contribution in [-0.2, 0) is 4.79 Å². The molecule has 0 aliphatic carbocycles. The predicted octanol–water partition coefficient (Wildman–Crippen LogP) is 10.2. The van der Waals surface area contributed by atoms with Gasteiger partial charge in [-0.05, 0) is 30.6 Å². The highest BCUT2D eigenvalue weighted by Crippen LogP contribution is 2.33. The Morgan fingerprint density at radius 1 is 0.600 bits per heavy atom. The molecule has 0 spiro atoms. The van der Waals surface area contributed by atoms with Gasteiger partial charge in [-0.15, -0.1) is 0 Å². The van der Waals surface area contributed by atoms with Crippen molar-refractivity contribution in [1.29, 1.82) is 0 Å². The molecule has 0 aliphatic heterocycles. The summed E-state index contributed by atoms with van der Waals surface area (Å²) in [4.78, 5) is 13.1. The van der Waals surface area contributed by atoms with Crippen LogP contribution in [0.5, 0.6) is 0 Å². The molecule has 0 radical (unpaired) electrons. The standard InChI is InChI=1S/C32H66N2O/c1-7-10-13-16-19-20-23-26-30(32(4,5)6)29-31(35)33-34(27-24-21-17-14-11-8-2)28-25-22-18-15-12-9-3/h30H,7-29H2,1-6H3,(H,33,35). The van der Waals surface area contributed by atoms with Crippen molar-refractivity contribution in [1.82, 2.24) is 10.4 Å². The molecular weight excluding hydrogens is 428 g/mol. The summed E-state index contributed by atoms with van der Waals surface area (Å²) in [5.74, 6) is 0.702. The fraction of sp³-hybridized carbons (Fsp3) is 0.969. The largest absolute Gasteiger partial charge is 0.289 e. The Bertz CT molecular complexity index is 441. The van der Waals surface area contributed by atoms with Crippen molar-refractivity contribution < 1.29 is 4.79 Å². The summed E-state index contributed by atoms with van der Waals surface area (Å²) in [6.45, 7) is 15.8. The zero-order valence-corrected chi connectivity index (χ0v) is 25.2. The maximum absolute atomic E-state index is 13.1. The maximum Gasteiger partial charge on any atom is 0.234 e. The van der Waals surface area contributed by atoms with E-state index in [4.69, 9.17) is 0 Å². The quantitative estimate of drug-likeness (QED) is 0.101. The van der Waals surface area contributed by atoms with E-state index in [0.29, 0.717) is 12.3 Å². The van der Waals surface area contributed by atoms with Crippen molar-refractivity contribution in [3.63, 3.8) is 0 Å². The van der Waals surface area contributed by atoms with E-state index in [0.717, 1.165) is 13.1 Å². The average molecular weight is 495 g/mol. The van der Waals surface area contributed by atoms with Crippen LogP contribution in [0.2, 0.25) is 0 Å². The van der Waals surface area contributed by atoms with Gasteiger partial charge < -0.3 is 0 Å². The number of nitrogens with one attached hydrogen (secondary N) is 1. The zero-order valence-electron chi connectivity index (χ0n) is 25.2. The third-order valence-corrected chi connectivity index (χ3v) is 7.66. The zero-order chi connectivity index (χ0) is 26.2. The number of carbonyl (C=O) groups excluding carboxylic acids is 1. The Morgan fingerprint density at radius 3 is 1.37 bits per heavy atom. The van der Waals surface area contributed by atoms with Crippen molar-refractivity contribution in [3.05, 3.63) is 0 Å². The molecule has 210 valence electrons. The summed E-state index contributed by atoms with van der Waals surface area (Å²) >= 11 is 0. The minimum absolute atomic E-state index is 0.183. The first kappa shape index (κ1) is 34.4. The van der Waals surface area contributed by atoms with E-state index in [1.807, 2.05) is 0 Å². The molecule has 35 heavy (non-hydrogen) atoms. The van der Waals surface area contributed by atoms with Crippen LogP contribution in [0.4, 0.5) is 0 Å². The summed E-state index contributed by atoms with van der Waals surface area (Å²) in [7, 11) is 0. The normalized spacial score (nSPS) is 12.9. The van der Waals surface area contributed by atoms with E-state index >= 15 is 0 Å². The van der Waals surface area contributed by atoms with Crippen molar-refractivity contribution in [2.45, 2.75) is 176 Å². The van der Waals surface area contributed by atoms with Crippen LogP contribution in [0.1, 0.15) is 176 Å². The summed E-state index contributed by atoms with van der Waals surface area (Å²) in [6.07, 6.45) is 26.9. The van der Waals surface area contributed by atoms with E-state index in [-0.39, 0.29) is 11.3 Å². The number of rotatable bonds is 25. The molecule has 0 aromatic rings. The van der Waals surface area contributed by atoms with Gasteiger partial charge in [0.05, 0.1) is 0 Å². The van der Waals surface area contributed by atoms with Gasteiger partial charge in [-0.25, -0.2) is 5.01 Å². The highest BCUT2D eigenvalue weighted by molar-refractivity contribution is 5.75. The van der Waals surface area contributed by atoms with Gasteiger partial charge in [-0.2, -0.15) is 0 Å². The molecule has 0 saturated heterocycles. The Kier molecular flexibility index (Phi) is 23.4. The molecule has 0 aliphatic rings. The van der Waals surface area contributed by atoms with Crippen LogP contribution in [0, 0.1) is 11.3 Å². The van der Waals surface area contributed by atoms with Gasteiger partial charge in [0.2, 0.25) is 5.91 Å². The van der Waals surface area contributed by atoms with Crippen molar-refractivity contribution in [2.24, 2.45) is 11.3 Å². The van der Waals surface area contributed by atoms with E-state index in [2.05, 4.69) is 52.0 Å². The molecule has 0 bridgehead atoms. The molecule has 1 amide bonds. The van der Waals surface area contributed by atoms with Crippen molar-refractivity contribution in [3.8, 4) is 0 Å². The van der Waals surface area contributed by atoms with Crippen molar-refractivity contribution >= 4 is 5.91 Å². The molecule has 1 N–H and O–H groups in total. The lowest BCUT2D eigenvalue weighted by Gasteiger charge is -2.32. The van der Waals surface area contributed by atoms with Crippen LogP contribution >= 0.6 is 0 Å². The molecule has 1 atom stereocenters. The smallest absolute Gasteiger partial charge is 0.234 e. The molecule has 0 aromatic carbocycles. The number of carbonyl (C=O) groups is 1. The van der Waals surface area contributed by atoms with E-state index in [1.54, 1.807) is 0 Å². The van der Waals surface area contributed by atoms with Gasteiger partial charge in [-0.1, -0.05) is 151 Å². The summed E-state index contributed by atoms with van der Waals surface area (Å²) in [5, 5.41) is 2.26. The molecule has 3 heteroatoms. The number of hydrogen-bond acceptors (Lipinski definition) is 2. The second-order valence-corrected chi connectivity index (χ2v) is 12.2. The first-order chi connectivity index (χ1) is 16.8. The SMILES string of the molecule is CCCCCCCCCC(CC(=O)NN(CCCCCCCC)CCCCCCCC)C(C)(C)C. The van der Waals surface area contributed by atoms with Crippen molar-refractivity contribution in [2.75, 3.05) is 13.1 Å². The highest BCUT2D eigenvalue weighted by atomic mass is 16.2. The third-order valence-electron chi connectivity index (χ3n) is 7.66. The van der Waals surface area contributed by atoms with Crippen LogP contribution < -0.4 is 5.43 Å². The van der Waals surface area contributed by atoms with Gasteiger partial charge in [0.15, 0.2) is 0 Å². The number of hydrazine groups is 1. The minimum Gasteiger partial charge on any atom is -0.289 e. The first-order valence-electron chi connectivity index (χ1n) is 15.9. The number of amides is 1. The third kappa shape index (κ3) is 22.4. The van der Waals surface area contributed by atoms with Gasteiger partial charge in [-0.3, -0.25) is 10.2 Å². The Balaban J connectivity index is 4.56. The van der Waals surface area contributed by atoms with Gasteiger partial charge in [0.25, 0.3) is 0 Å². The van der Waals surface area contributed by atoms with Crippen LogP contribution in [0.25, 0.3) is 0 Å². The number of unbranched alkanes of at least 4 members (excludes halogenated alkanes) is 16. The predicted molar refractivity (Wildman–Crippen MR) is 157 cm³/mol. The summed E-state index contributed by atoms with van der Waals surface area (Å²) < 4.78 is 0. The minimum atomic E-state index is 0.183. The monoisotopic (exact) mass is 495 g/mol. The lowest BCUT2D eigenvalue weighted by molar-refractivity contribution is -0.128. The van der Waals surface area contributed by atoms with E-state index in [9.17, 15) is 4.79 Å². The lowest BCUT2D eigenvalue weighted by Crippen LogP contribution is -2.44. The second kappa shape index (κ2) is 23.8. The molecule has 0 rings (SSSR count). The number of nitrogens with zero attached hydrogens (tertiary/aromatic N) is 1.